The first-order valence-electron chi connectivity index (χ1n) is 7.00. The summed E-state index contributed by atoms with van der Waals surface area (Å²) in [5, 5.41) is 0. The Morgan fingerprint density at radius 1 is 1.22 bits per heavy atom. The Morgan fingerprint density at radius 2 is 1.89 bits per heavy atom. The second kappa shape index (κ2) is 4.44. The quantitative estimate of drug-likeness (QED) is 0.599. The van der Waals surface area contributed by atoms with Gasteiger partial charge in [-0.3, -0.25) is 11.3 Å². The molecule has 2 fully saturated rings. The second-order valence-electron chi connectivity index (χ2n) is 7.18. The summed E-state index contributed by atoms with van der Waals surface area (Å²) in [6.07, 6.45) is 3.19. The van der Waals surface area contributed by atoms with E-state index in [0.29, 0.717) is 5.92 Å². The van der Waals surface area contributed by atoms with E-state index in [2.05, 4.69) is 40.0 Å². The van der Waals surface area contributed by atoms with E-state index in [1.807, 2.05) is 0 Å². The molecule has 106 valence electrons. The number of hydrazine groups is 1. The van der Waals surface area contributed by atoms with Crippen molar-refractivity contribution in [1.82, 2.24) is 5.43 Å². The molecule has 3 unspecified atom stereocenters. The maximum Gasteiger partial charge on any atom is 0.0824 e. The zero-order valence-electron chi connectivity index (χ0n) is 12.4. The molecule has 0 saturated carbocycles. The summed E-state index contributed by atoms with van der Waals surface area (Å²) in [6.45, 7) is 11.6. The molecule has 0 aromatic rings. The topological polar surface area (TPSA) is 56.5 Å². The van der Waals surface area contributed by atoms with Crippen LogP contribution in [-0.2, 0) is 9.47 Å². The number of ether oxygens (including phenoxy) is 2. The number of hydrogen-bond donors (Lipinski definition) is 2. The van der Waals surface area contributed by atoms with Gasteiger partial charge in [-0.1, -0.05) is 0 Å². The minimum atomic E-state index is -0.171. The van der Waals surface area contributed by atoms with Crippen LogP contribution in [0.3, 0.4) is 0 Å². The van der Waals surface area contributed by atoms with E-state index in [4.69, 9.17) is 15.3 Å². The SMILES string of the molecule is CC1(C)CC(C(NN)C2(C)CCCO2)C(C)(C)O1. The van der Waals surface area contributed by atoms with Crippen molar-refractivity contribution >= 4 is 0 Å². The van der Waals surface area contributed by atoms with Crippen molar-refractivity contribution in [2.75, 3.05) is 6.61 Å². The summed E-state index contributed by atoms with van der Waals surface area (Å²) in [6, 6.07) is 0.136. The fourth-order valence-electron chi connectivity index (χ4n) is 3.89. The van der Waals surface area contributed by atoms with Crippen LogP contribution in [0.25, 0.3) is 0 Å². The minimum absolute atomic E-state index is 0.0851. The first-order chi connectivity index (χ1) is 8.20. The molecule has 3 atom stereocenters. The molecule has 0 aromatic heterocycles. The van der Waals surface area contributed by atoms with Crippen LogP contribution < -0.4 is 11.3 Å². The standard InChI is InChI=1S/C14H28N2O2/c1-12(2)9-10(13(3,4)18-12)11(16-15)14(5)7-6-8-17-14/h10-11,16H,6-9,15H2,1-5H3. The van der Waals surface area contributed by atoms with Crippen LogP contribution in [0, 0.1) is 5.92 Å². The van der Waals surface area contributed by atoms with Gasteiger partial charge in [0, 0.05) is 12.5 Å². The highest BCUT2D eigenvalue weighted by Gasteiger charge is 2.54. The van der Waals surface area contributed by atoms with Gasteiger partial charge in [-0.15, -0.1) is 0 Å². The molecule has 0 aromatic carbocycles. The summed E-state index contributed by atoms with van der Waals surface area (Å²) < 4.78 is 12.2. The van der Waals surface area contributed by atoms with Crippen molar-refractivity contribution in [3.63, 3.8) is 0 Å². The first-order valence-corrected chi connectivity index (χ1v) is 7.00. The van der Waals surface area contributed by atoms with Gasteiger partial charge in [0.15, 0.2) is 0 Å². The van der Waals surface area contributed by atoms with Gasteiger partial charge in [0.2, 0.25) is 0 Å². The molecule has 3 N–H and O–H groups in total. The molecule has 0 spiro atoms. The van der Waals surface area contributed by atoms with E-state index in [1.165, 1.54) is 0 Å². The minimum Gasteiger partial charge on any atom is -0.374 e. The molecule has 2 aliphatic heterocycles. The monoisotopic (exact) mass is 256 g/mol. The van der Waals surface area contributed by atoms with Crippen molar-refractivity contribution < 1.29 is 9.47 Å². The van der Waals surface area contributed by atoms with Gasteiger partial charge in [-0.2, -0.15) is 0 Å². The highest BCUT2D eigenvalue weighted by atomic mass is 16.5. The Labute approximate surface area is 111 Å². The molecule has 4 nitrogen and oxygen atoms in total. The number of hydrogen-bond acceptors (Lipinski definition) is 4. The van der Waals surface area contributed by atoms with Gasteiger partial charge < -0.3 is 9.47 Å². The van der Waals surface area contributed by atoms with Crippen LogP contribution in [0.15, 0.2) is 0 Å². The van der Waals surface area contributed by atoms with Gasteiger partial charge >= 0.3 is 0 Å². The van der Waals surface area contributed by atoms with E-state index in [1.54, 1.807) is 0 Å². The summed E-state index contributed by atoms with van der Waals surface area (Å²) in [4.78, 5) is 0. The third-order valence-electron chi connectivity index (χ3n) is 4.63. The van der Waals surface area contributed by atoms with Gasteiger partial charge in [0.25, 0.3) is 0 Å². The Balaban J connectivity index is 2.22. The van der Waals surface area contributed by atoms with Gasteiger partial charge in [-0.25, -0.2) is 0 Å². The highest BCUT2D eigenvalue weighted by molar-refractivity contribution is 5.05. The molecule has 0 amide bonds. The molecular weight excluding hydrogens is 228 g/mol. The van der Waals surface area contributed by atoms with Crippen LogP contribution in [0.4, 0.5) is 0 Å². The van der Waals surface area contributed by atoms with E-state index in [0.717, 1.165) is 25.9 Å². The molecule has 0 bridgehead atoms. The Bertz CT molecular complexity index is 309. The molecule has 2 aliphatic rings. The van der Waals surface area contributed by atoms with Crippen molar-refractivity contribution in [3.8, 4) is 0 Å². The summed E-state index contributed by atoms with van der Waals surface area (Å²) in [5.41, 5.74) is 2.59. The lowest BCUT2D eigenvalue weighted by atomic mass is 9.74. The third kappa shape index (κ3) is 2.44. The van der Waals surface area contributed by atoms with Crippen LogP contribution >= 0.6 is 0 Å². The molecular formula is C14H28N2O2. The average Bonchev–Trinajstić information content (AvgIpc) is 2.71. The lowest BCUT2D eigenvalue weighted by Crippen LogP contribution is -2.58. The molecule has 0 radical (unpaired) electrons. The molecule has 2 heterocycles. The van der Waals surface area contributed by atoms with E-state index in [-0.39, 0.29) is 22.8 Å². The number of nitrogens with two attached hydrogens (primary N) is 1. The zero-order valence-corrected chi connectivity index (χ0v) is 12.4. The molecule has 0 aliphatic carbocycles. The van der Waals surface area contributed by atoms with E-state index >= 15 is 0 Å². The van der Waals surface area contributed by atoms with Crippen molar-refractivity contribution in [2.24, 2.45) is 11.8 Å². The predicted octanol–water partition coefficient (Wildman–Crippen LogP) is 1.98. The Hall–Kier alpha value is -0.160. The van der Waals surface area contributed by atoms with Crippen LogP contribution in [-0.4, -0.2) is 29.5 Å². The van der Waals surface area contributed by atoms with Crippen LogP contribution in [0.2, 0.25) is 0 Å². The van der Waals surface area contributed by atoms with Crippen LogP contribution in [0.1, 0.15) is 53.9 Å². The van der Waals surface area contributed by atoms with Gasteiger partial charge in [0.05, 0.1) is 22.8 Å². The molecule has 2 saturated heterocycles. The summed E-state index contributed by atoms with van der Waals surface area (Å²) in [5.74, 6) is 6.20. The maximum absolute atomic E-state index is 6.19. The summed E-state index contributed by atoms with van der Waals surface area (Å²) in [7, 11) is 0. The fraction of sp³-hybridized carbons (Fsp3) is 1.00. The van der Waals surface area contributed by atoms with Crippen molar-refractivity contribution in [3.05, 3.63) is 0 Å². The van der Waals surface area contributed by atoms with E-state index < -0.39 is 0 Å². The van der Waals surface area contributed by atoms with Gasteiger partial charge in [-0.05, 0) is 53.9 Å². The number of rotatable bonds is 3. The summed E-state index contributed by atoms with van der Waals surface area (Å²) >= 11 is 0. The number of nitrogens with one attached hydrogen (secondary N) is 1. The van der Waals surface area contributed by atoms with Crippen molar-refractivity contribution in [1.29, 1.82) is 0 Å². The lowest BCUT2D eigenvalue weighted by Gasteiger charge is -2.41. The normalized spacial score (nSPS) is 40.0. The Kier molecular flexibility index (Phi) is 3.52. The Morgan fingerprint density at radius 3 is 2.28 bits per heavy atom. The predicted molar refractivity (Wildman–Crippen MR) is 72.1 cm³/mol. The van der Waals surface area contributed by atoms with Crippen molar-refractivity contribution in [2.45, 2.75) is 76.7 Å². The largest absolute Gasteiger partial charge is 0.374 e. The second-order valence-corrected chi connectivity index (χ2v) is 7.18. The molecule has 18 heavy (non-hydrogen) atoms. The first kappa shape index (κ1) is 14.3. The molecule has 4 heteroatoms. The van der Waals surface area contributed by atoms with E-state index in [9.17, 15) is 0 Å². The third-order valence-corrected chi connectivity index (χ3v) is 4.63. The lowest BCUT2D eigenvalue weighted by molar-refractivity contribution is -0.0951. The highest BCUT2D eigenvalue weighted by Crippen LogP contribution is 2.47. The van der Waals surface area contributed by atoms with Gasteiger partial charge in [0.1, 0.15) is 0 Å². The average molecular weight is 256 g/mol. The zero-order chi connectivity index (χ0) is 13.6. The van der Waals surface area contributed by atoms with Crippen LogP contribution in [0.5, 0.6) is 0 Å². The molecule has 2 rings (SSSR count). The smallest absolute Gasteiger partial charge is 0.0824 e. The fourth-order valence-corrected chi connectivity index (χ4v) is 3.89. The maximum atomic E-state index is 6.19.